The summed E-state index contributed by atoms with van der Waals surface area (Å²) in [5.74, 6) is -2.51. The largest absolute Gasteiger partial charge is 0.462 e. The molecule has 0 radical (unpaired) electrons. The van der Waals surface area contributed by atoms with E-state index in [0.29, 0.717) is 37.0 Å². The Kier molecular flexibility index (Phi) is 5.07. The van der Waals surface area contributed by atoms with E-state index in [1.54, 1.807) is 0 Å². The molecule has 7 aliphatic rings. The topological polar surface area (TPSA) is 116 Å². The zero-order valence-corrected chi connectivity index (χ0v) is 23.8. The van der Waals surface area contributed by atoms with Crippen molar-refractivity contribution in [2.75, 3.05) is 0 Å². The molecular weight excluding hydrogens is 512 g/mol. The van der Waals surface area contributed by atoms with Crippen LogP contribution in [0.2, 0.25) is 0 Å². The van der Waals surface area contributed by atoms with Crippen LogP contribution in [0.25, 0.3) is 0 Å². The van der Waals surface area contributed by atoms with Crippen LogP contribution in [0.3, 0.4) is 0 Å². The van der Waals surface area contributed by atoms with Crippen LogP contribution in [-0.4, -0.2) is 46.6 Å². The SMILES string of the molecule is C=C1C(=O)O[C@@H]2[C@@H]3C4(C=C[C@@]3(C)[C@@]3(C4)C(=O)OC4=C5C(C)CC(=O)C5C(C)C[C@H](OC(C)=O)C43)[C@](C)(O)CC[C@@H]12. The molecule has 40 heavy (non-hydrogen) atoms. The molecule has 3 saturated carbocycles. The third-order valence-corrected chi connectivity index (χ3v) is 12.3. The summed E-state index contributed by atoms with van der Waals surface area (Å²) in [4.78, 5) is 53.0. The molecule has 2 heterocycles. The second-order valence-corrected chi connectivity index (χ2v) is 14.2. The van der Waals surface area contributed by atoms with Crippen LogP contribution in [0.4, 0.5) is 0 Å². The highest BCUT2D eigenvalue weighted by Crippen LogP contribution is 2.80. The fraction of sp³-hybridized carbons (Fsp3) is 0.688. The van der Waals surface area contributed by atoms with Crippen LogP contribution in [-0.2, 0) is 33.4 Å². The van der Waals surface area contributed by atoms with Crippen LogP contribution in [0.15, 0.2) is 35.6 Å². The Balaban J connectivity index is 1.48. The number of Topliss-reactive ketones (excluding diaryl/α,β-unsaturated/α-hetero) is 1. The number of allylic oxidation sites excluding steroid dienone is 2. The van der Waals surface area contributed by atoms with Crippen molar-refractivity contribution in [3.8, 4) is 0 Å². The molecule has 5 aliphatic carbocycles. The number of fused-ring (bicyclic) bond motifs is 5. The molecule has 0 aromatic carbocycles. The number of carbonyl (C=O) groups is 4. The number of hydrogen-bond donors (Lipinski definition) is 1. The highest BCUT2D eigenvalue weighted by atomic mass is 16.6. The van der Waals surface area contributed by atoms with Crippen molar-refractivity contribution in [2.24, 2.45) is 51.8 Å². The number of ketones is 1. The van der Waals surface area contributed by atoms with Gasteiger partial charge in [-0.3, -0.25) is 14.4 Å². The van der Waals surface area contributed by atoms with Gasteiger partial charge in [0.25, 0.3) is 0 Å². The Bertz CT molecular complexity index is 1350. The molecule has 2 aliphatic heterocycles. The number of aliphatic hydroxyl groups is 1. The van der Waals surface area contributed by atoms with E-state index in [1.807, 2.05) is 39.8 Å². The first-order chi connectivity index (χ1) is 18.7. The molecule has 0 aromatic heterocycles. The maximum Gasteiger partial charge on any atom is 0.334 e. The number of hydrogen-bond acceptors (Lipinski definition) is 8. The quantitative estimate of drug-likeness (QED) is 0.227. The van der Waals surface area contributed by atoms with E-state index in [9.17, 15) is 24.3 Å². The molecule has 2 saturated heterocycles. The van der Waals surface area contributed by atoms with Gasteiger partial charge in [-0.25, -0.2) is 4.79 Å². The van der Waals surface area contributed by atoms with E-state index < -0.39 is 63.8 Å². The van der Waals surface area contributed by atoms with Gasteiger partial charge < -0.3 is 19.3 Å². The zero-order valence-electron chi connectivity index (χ0n) is 23.8. The van der Waals surface area contributed by atoms with E-state index in [1.165, 1.54) is 6.92 Å². The van der Waals surface area contributed by atoms with Crippen molar-refractivity contribution >= 4 is 23.7 Å². The first-order valence-electron chi connectivity index (χ1n) is 14.7. The molecule has 7 rings (SSSR count). The third kappa shape index (κ3) is 2.77. The fourth-order valence-corrected chi connectivity index (χ4v) is 10.7. The van der Waals surface area contributed by atoms with Crippen molar-refractivity contribution in [3.63, 3.8) is 0 Å². The molecule has 1 spiro atoms. The summed E-state index contributed by atoms with van der Waals surface area (Å²) in [5, 5.41) is 12.2. The van der Waals surface area contributed by atoms with Crippen LogP contribution in [0.5, 0.6) is 0 Å². The van der Waals surface area contributed by atoms with Gasteiger partial charge in [0.2, 0.25) is 0 Å². The van der Waals surface area contributed by atoms with Crippen LogP contribution in [0, 0.1) is 51.8 Å². The van der Waals surface area contributed by atoms with E-state index in [2.05, 4.69) is 6.58 Å². The third-order valence-electron chi connectivity index (χ3n) is 12.3. The van der Waals surface area contributed by atoms with Crippen LogP contribution < -0.4 is 0 Å². The second kappa shape index (κ2) is 7.75. The molecule has 8 nitrogen and oxygen atoms in total. The Morgan fingerprint density at radius 1 is 1.18 bits per heavy atom. The predicted molar refractivity (Wildman–Crippen MR) is 141 cm³/mol. The summed E-state index contributed by atoms with van der Waals surface area (Å²) in [6.07, 6.45) is 4.92. The highest BCUT2D eigenvalue weighted by molar-refractivity contribution is 5.92. The van der Waals surface area contributed by atoms with Crippen molar-refractivity contribution in [1.29, 1.82) is 0 Å². The molecular formula is C32H38O8. The number of carbonyl (C=O) groups excluding carboxylic acids is 4. The van der Waals surface area contributed by atoms with Crippen molar-refractivity contribution in [3.05, 3.63) is 35.6 Å². The van der Waals surface area contributed by atoms with Crippen LogP contribution >= 0.6 is 0 Å². The van der Waals surface area contributed by atoms with E-state index >= 15 is 0 Å². The Morgan fingerprint density at radius 2 is 1.90 bits per heavy atom. The van der Waals surface area contributed by atoms with Gasteiger partial charge in [-0.2, -0.15) is 0 Å². The standard InChI is InChI=1S/C32H38O8/c1-14-11-19(34)21-15(2)12-20(38-17(4)33)23-25(22(14)21)40-28(36)32(23)13-31-10-9-29(32,5)26(31)24-18(7-8-30(31,6)37)16(3)27(35)39-24/h9-10,14-15,18,20-21,23-24,26,37H,3,7-8,11-13H2,1-2,4-6H3/t14?,15?,18-,20-,21?,23?,24-,26-,29+,30+,31?,32+/m0/s1. The van der Waals surface area contributed by atoms with Crippen molar-refractivity contribution in [2.45, 2.75) is 84.5 Å². The van der Waals surface area contributed by atoms with Crippen molar-refractivity contribution in [1.82, 2.24) is 0 Å². The van der Waals surface area contributed by atoms with Crippen molar-refractivity contribution < 1.29 is 38.5 Å². The molecule has 5 fully saturated rings. The average molecular weight is 551 g/mol. The zero-order chi connectivity index (χ0) is 28.7. The Labute approximate surface area is 234 Å². The predicted octanol–water partition coefficient (Wildman–Crippen LogP) is 3.82. The first-order valence-corrected chi connectivity index (χ1v) is 14.7. The molecule has 2 bridgehead atoms. The normalized spacial score (nSPS) is 52.1. The number of esters is 3. The molecule has 0 aromatic rings. The maximum atomic E-state index is 14.5. The molecule has 12 atom stereocenters. The summed E-state index contributed by atoms with van der Waals surface area (Å²) >= 11 is 0. The number of ether oxygens (including phenoxy) is 3. The molecule has 8 heteroatoms. The summed E-state index contributed by atoms with van der Waals surface area (Å²) in [5.41, 5.74) is -2.86. The minimum atomic E-state index is -1.20. The maximum absolute atomic E-state index is 14.5. The number of rotatable bonds is 1. The first kappa shape index (κ1) is 26.2. The minimum absolute atomic E-state index is 0.0892. The van der Waals surface area contributed by atoms with Gasteiger partial charge in [0.1, 0.15) is 23.8 Å². The van der Waals surface area contributed by atoms with Gasteiger partial charge in [0.15, 0.2) is 0 Å². The molecule has 214 valence electrons. The lowest BCUT2D eigenvalue weighted by atomic mass is 9.55. The van der Waals surface area contributed by atoms with E-state index in [4.69, 9.17) is 14.2 Å². The van der Waals surface area contributed by atoms with Gasteiger partial charge in [-0.05, 0) is 50.0 Å². The molecule has 0 amide bonds. The summed E-state index contributed by atoms with van der Waals surface area (Å²) in [6.45, 7) is 13.3. The summed E-state index contributed by atoms with van der Waals surface area (Å²) in [7, 11) is 0. The van der Waals surface area contributed by atoms with Gasteiger partial charge in [0, 0.05) is 47.5 Å². The summed E-state index contributed by atoms with van der Waals surface area (Å²) in [6, 6.07) is 0. The van der Waals surface area contributed by atoms with Crippen LogP contribution in [0.1, 0.15) is 66.7 Å². The van der Waals surface area contributed by atoms with E-state index in [-0.39, 0.29) is 35.9 Å². The molecule has 5 unspecified atom stereocenters. The average Bonchev–Trinajstić information content (AvgIpc) is 3.53. The fourth-order valence-electron chi connectivity index (χ4n) is 10.7. The Morgan fingerprint density at radius 3 is 2.60 bits per heavy atom. The van der Waals surface area contributed by atoms with Gasteiger partial charge in [-0.15, -0.1) is 0 Å². The van der Waals surface area contributed by atoms with Gasteiger partial charge in [0.05, 0.1) is 16.9 Å². The lowest BCUT2D eigenvalue weighted by molar-refractivity contribution is -0.161. The minimum Gasteiger partial charge on any atom is -0.462 e. The summed E-state index contributed by atoms with van der Waals surface area (Å²) < 4.78 is 18.4. The molecule has 1 N–H and O–H groups in total. The van der Waals surface area contributed by atoms with Gasteiger partial charge >= 0.3 is 17.9 Å². The smallest absolute Gasteiger partial charge is 0.334 e. The Hall–Kier alpha value is -2.74. The second-order valence-electron chi connectivity index (χ2n) is 14.2. The van der Waals surface area contributed by atoms with Gasteiger partial charge in [-0.1, -0.05) is 39.5 Å². The van der Waals surface area contributed by atoms with E-state index in [0.717, 1.165) is 5.57 Å². The monoisotopic (exact) mass is 550 g/mol. The lowest BCUT2D eigenvalue weighted by Crippen LogP contribution is -2.51. The highest BCUT2D eigenvalue weighted by Gasteiger charge is 2.84. The lowest BCUT2D eigenvalue weighted by Gasteiger charge is -2.45.